The zero-order chi connectivity index (χ0) is 23.2. The molecule has 2 amide bonds. The maximum atomic E-state index is 13.0. The molecule has 10 heteroatoms. The van der Waals surface area contributed by atoms with Crippen LogP contribution in [0.4, 0.5) is 20.7 Å². The standard InChI is InChI=1S/C21H25Cl2FN4O3/c1-21(2,3)31-20(30)28(12-13-9-14(22)11-15(23)10-13)8-4-5-18(29)26-16-6-7-17(24)27-19(16)25/h6-7,9-11H,4-5,8,12H2,1-3H3,(H2,25,27)(H,26,29). The van der Waals surface area contributed by atoms with Crippen molar-refractivity contribution in [1.82, 2.24) is 9.88 Å². The minimum absolute atomic E-state index is 0.104. The Bertz CT molecular complexity index is 930. The molecule has 1 aromatic carbocycles. The Kier molecular flexibility index (Phi) is 8.47. The van der Waals surface area contributed by atoms with E-state index < -0.39 is 17.6 Å². The minimum Gasteiger partial charge on any atom is -0.444 e. The van der Waals surface area contributed by atoms with Crippen molar-refractivity contribution in [2.45, 2.75) is 45.8 Å². The zero-order valence-corrected chi connectivity index (χ0v) is 19.1. The fourth-order valence-corrected chi connectivity index (χ4v) is 3.25. The highest BCUT2D eigenvalue weighted by atomic mass is 35.5. The van der Waals surface area contributed by atoms with Gasteiger partial charge in [-0.05, 0) is 63.1 Å². The normalized spacial score (nSPS) is 11.2. The third-order valence-corrected chi connectivity index (χ3v) is 4.38. The number of pyridine rings is 1. The van der Waals surface area contributed by atoms with Gasteiger partial charge in [-0.3, -0.25) is 4.79 Å². The fraction of sp³-hybridized carbons (Fsp3) is 0.381. The van der Waals surface area contributed by atoms with Gasteiger partial charge < -0.3 is 20.7 Å². The zero-order valence-electron chi connectivity index (χ0n) is 17.5. The molecule has 3 N–H and O–H groups in total. The van der Waals surface area contributed by atoms with Gasteiger partial charge in [-0.2, -0.15) is 4.39 Å². The number of hydrogen-bond donors (Lipinski definition) is 2. The van der Waals surface area contributed by atoms with Crippen LogP contribution in [0.1, 0.15) is 39.2 Å². The largest absolute Gasteiger partial charge is 0.444 e. The summed E-state index contributed by atoms with van der Waals surface area (Å²) in [5.41, 5.74) is 5.88. The van der Waals surface area contributed by atoms with E-state index in [0.717, 1.165) is 11.6 Å². The number of amides is 2. The van der Waals surface area contributed by atoms with E-state index in [0.29, 0.717) is 16.5 Å². The molecule has 1 aromatic heterocycles. The Morgan fingerprint density at radius 1 is 1.19 bits per heavy atom. The van der Waals surface area contributed by atoms with Crippen LogP contribution in [-0.4, -0.2) is 34.0 Å². The molecule has 0 fully saturated rings. The first-order valence-corrected chi connectivity index (χ1v) is 10.3. The topological polar surface area (TPSA) is 97.5 Å². The first-order valence-electron chi connectivity index (χ1n) is 9.58. The Balaban J connectivity index is 2.01. The number of nitrogens with zero attached hydrogens (tertiary/aromatic N) is 2. The lowest BCUT2D eigenvalue weighted by Gasteiger charge is -2.27. The maximum Gasteiger partial charge on any atom is 0.410 e. The average Bonchev–Trinajstić information content (AvgIpc) is 2.61. The van der Waals surface area contributed by atoms with E-state index in [2.05, 4.69) is 10.3 Å². The molecule has 2 aromatic rings. The summed E-state index contributed by atoms with van der Waals surface area (Å²) >= 11 is 12.1. The van der Waals surface area contributed by atoms with Gasteiger partial charge in [0.05, 0.1) is 5.69 Å². The van der Waals surface area contributed by atoms with Crippen molar-refractivity contribution >= 4 is 46.7 Å². The summed E-state index contributed by atoms with van der Waals surface area (Å²) < 4.78 is 18.5. The second-order valence-electron chi connectivity index (χ2n) is 7.90. The van der Waals surface area contributed by atoms with Gasteiger partial charge in [-0.25, -0.2) is 9.78 Å². The second kappa shape index (κ2) is 10.6. The Labute approximate surface area is 190 Å². The van der Waals surface area contributed by atoms with E-state index >= 15 is 0 Å². The average molecular weight is 471 g/mol. The quantitative estimate of drug-likeness (QED) is 0.537. The molecule has 0 radical (unpaired) electrons. The van der Waals surface area contributed by atoms with Gasteiger partial charge in [0.15, 0.2) is 5.82 Å². The van der Waals surface area contributed by atoms with Crippen LogP contribution in [0.2, 0.25) is 10.0 Å². The van der Waals surface area contributed by atoms with Crippen LogP contribution in [-0.2, 0) is 16.1 Å². The number of anilines is 2. The summed E-state index contributed by atoms with van der Waals surface area (Å²) in [4.78, 5) is 29.8. The minimum atomic E-state index is -0.732. The van der Waals surface area contributed by atoms with Crippen molar-refractivity contribution in [3.63, 3.8) is 0 Å². The highest BCUT2D eigenvalue weighted by molar-refractivity contribution is 6.34. The molecule has 0 bridgehead atoms. The van der Waals surface area contributed by atoms with Crippen molar-refractivity contribution in [2.24, 2.45) is 0 Å². The lowest BCUT2D eigenvalue weighted by Crippen LogP contribution is -2.37. The summed E-state index contributed by atoms with van der Waals surface area (Å²) in [7, 11) is 0. The van der Waals surface area contributed by atoms with Crippen molar-refractivity contribution in [1.29, 1.82) is 0 Å². The third kappa shape index (κ3) is 8.59. The molecular formula is C21H25Cl2FN4O3. The summed E-state index contributed by atoms with van der Waals surface area (Å²) in [5, 5.41) is 3.49. The number of carbonyl (C=O) groups is 2. The van der Waals surface area contributed by atoms with E-state index in [9.17, 15) is 14.0 Å². The number of nitrogens with two attached hydrogens (primary N) is 1. The third-order valence-electron chi connectivity index (χ3n) is 3.94. The van der Waals surface area contributed by atoms with Crippen LogP contribution in [0.25, 0.3) is 0 Å². The first kappa shape index (κ1) is 24.7. The maximum absolute atomic E-state index is 13.0. The number of benzene rings is 1. The van der Waals surface area contributed by atoms with Crippen molar-refractivity contribution < 1.29 is 18.7 Å². The van der Waals surface area contributed by atoms with Crippen molar-refractivity contribution in [3.05, 3.63) is 51.9 Å². The SMILES string of the molecule is CC(C)(C)OC(=O)N(CCCC(=O)Nc1ccc(F)nc1N)Cc1cc(Cl)cc(Cl)c1. The molecule has 1 heterocycles. The molecule has 0 atom stereocenters. The lowest BCUT2D eigenvalue weighted by molar-refractivity contribution is -0.116. The Hall–Kier alpha value is -2.58. The molecular weight excluding hydrogens is 446 g/mol. The summed E-state index contributed by atoms with van der Waals surface area (Å²) in [6.45, 7) is 5.78. The van der Waals surface area contributed by atoms with Gasteiger partial charge in [0.1, 0.15) is 5.60 Å². The van der Waals surface area contributed by atoms with Gasteiger partial charge in [-0.15, -0.1) is 0 Å². The molecule has 7 nitrogen and oxygen atoms in total. The lowest BCUT2D eigenvalue weighted by atomic mass is 10.2. The number of ether oxygens (including phenoxy) is 1. The second-order valence-corrected chi connectivity index (χ2v) is 8.77. The number of hydrogen-bond acceptors (Lipinski definition) is 5. The van der Waals surface area contributed by atoms with Crippen LogP contribution in [0.15, 0.2) is 30.3 Å². The van der Waals surface area contributed by atoms with E-state index in [1.807, 2.05) is 0 Å². The van der Waals surface area contributed by atoms with Crippen LogP contribution in [0.5, 0.6) is 0 Å². The van der Waals surface area contributed by atoms with E-state index in [1.165, 1.54) is 11.0 Å². The fourth-order valence-electron chi connectivity index (χ4n) is 2.68. The number of halogens is 3. The van der Waals surface area contributed by atoms with E-state index in [-0.39, 0.29) is 36.9 Å². The number of rotatable bonds is 7. The van der Waals surface area contributed by atoms with Crippen LogP contribution in [0.3, 0.4) is 0 Å². The molecule has 0 saturated carbocycles. The number of nitrogen functional groups attached to an aromatic ring is 1. The van der Waals surface area contributed by atoms with E-state index in [4.69, 9.17) is 33.7 Å². The molecule has 0 spiro atoms. The van der Waals surface area contributed by atoms with Crippen molar-refractivity contribution in [2.75, 3.05) is 17.6 Å². The highest BCUT2D eigenvalue weighted by Gasteiger charge is 2.22. The molecule has 31 heavy (non-hydrogen) atoms. The van der Waals surface area contributed by atoms with E-state index in [1.54, 1.807) is 39.0 Å². The number of carbonyl (C=O) groups excluding carboxylic acids is 2. The molecule has 0 unspecified atom stereocenters. The smallest absolute Gasteiger partial charge is 0.410 e. The molecule has 0 saturated heterocycles. The number of nitrogens with one attached hydrogen (secondary N) is 1. The van der Waals surface area contributed by atoms with Gasteiger partial charge in [0, 0.05) is 29.6 Å². The first-order chi connectivity index (χ1) is 14.4. The monoisotopic (exact) mass is 470 g/mol. The molecule has 168 valence electrons. The van der Waals surface area contributed by atoms with Gasteiger partial charge in [-0.1, -0.05) is 23.2 Å². The number of aromatic nitrogens is 1. The molecule has 0 aliphatic heterocycles. The molecule has 2 rings (SSSR count). The van der Waals surface area contributed by atoms with Crippen LogP contribution in [0, 0.1) is 5.95 Å². The van der Waals surface area contributed by atoms with Crippen LogP contribution < -0.4 is 11.1 Å². The van der Waals surface area contributed by atoms with Crippen LogP contribution >= 0.6 is 23.2 Å². The summed E-state index contributed by atoms with van der Waals surface area (Å²) in [6.07, 6.45) is -0.0590. The summed E-state index contributed by atoms with van der Waals surface area (Å²) in [6, 6.07) is 7.46. The highest BCUT2D eigenvalue weighted by Crippen LogP contribution is 2.22. The van der Waals surface area contributed by atoms with Gasteiger partial charge >= 0.3 is 6.09 Å². The predicted octanol–water partition coefficient (Wildman–Crippen LogP) is 5.27. The Morgan fingerprint density at radius 2 is 1.84 bits per heavy atom. The van der Waals surface area contributed by atoms with Gasteiger partial charge in [0.2, 0.25) is 11.9 Å². The van der Waals surface area contributed by atoms with Gasteiger partial charge in [0.25, 0.3) is 0 Å². The predicted molar refractivity (Wildman–Crippen MR) is 120 cm³/mol. The Morgan fingerprint density at radius 3 is 2.42 bits per heavy atom. The molecule has 0 aliphatic rings. The summed E-state index contributed by atoms with van der Waals surface area (Å²) in [5.74, 6) is -1.18. The molecule has 0 aliphatic carbocycles. The van der Waals surface area contributed by atoms with Crippen molar-refractivity contribution in [3.8, 4) is 0 Å².